The summed E-state index contributed by atoms with van der Waals surface area (Å²) in [5.41, 5.74) is 3.47. The molecular weight excluding hydrogens is 384 g/mol. The Hall–Kier alpha value is -3.20. The fourth-order valence-corrected chi connectivity index (χ4v) is 4.10. The van der Waals surface area contributed by atoms with Gasteiger partial charge in [-0.1, -0.05) is 0 Å². The average Bonchev–Trinajstić information content (AvgIpc) is 3.28. The van der Waals surface area contributed by atoms with Gasteiger partial charge in [0.2, 0.25) is 6.79 Å². The first-order valence-corrected chi connectivity index (χ1v) is 9.23. The highest BCUT2D eigenvalue weighted by Crippen LogP contribution is 2.36. The molecule has 2 aliphatic rings. The fourth-order valence-electron chi connectivity index (χ4n) is 3.27. The van der Waals surface area contributed by atoms with Gasteiger partial charge < -0.3 is 19.1 Å². The van der Waals surface area contributed by atoms with E-state index < -0.39 is 23.7 Å². The van der Waals surface area contributed by atoms with Crippen molar-refractivity contribution in [3.8, 4) is 17.2 Å². The number of hydrogen-bond donors (Lipinski definition) is 1. The number of aliphatic carboxylic acids is 1. The molecule has 8 nitrogen and oxygen atoms in total. The molecule has 9 heteroatoms. The standard InChI is InChI=1S/C19H16N2O6S/c1-10-5-12(6-16-18(24)20(8-17(22)23)19(25)28-16)11(2)21(10)13-3-4-14-15(7-13)27-9-26-14/h3-7H,8-9H2,1-2H3,(H,22,23)/b16-6+. The van der Waals surface area contributed by atoms with Crippen LogP contribution in [0.3, 0.4) is 0 Å². The van der Waals surface area contributed by atoms with E-state index in [4.69, 9.17) is 14.6 Å². The molecule has 3 heterocycles. The lowest BCUT2D eigenvalue weighted by Gasteiger charge is -2.10. The maximum atomic E-state index is 12.4. The number of imide groups is 1. The number of aromatic nitrogens is 1. The molecule has 1 saturated heterocycles. The molecule has 4 rings (SSSR count). The summed E-state index contributed by atoms with van der Waals surface area (Å²) in [6.07, 6.45) is 1.62. The SMILES string of the molecule is Cc1cc(/C=C2/SC(=O)N(CC(=O)O)C2=O)c(C)n1-c1ccc2c(c1)OCO2. The summed E-state index contributed by atoms with van der Waals surface area (Å²) in [5.74, 6) is -0.463. The Kier molecular flexibility index (Phi) is 4.38. The van der Waals surface area contributed by atoms with Crippen LogP contribution in [0.1, 0.15) is 17.0 Å². The molecule has 1 N–H and O–H groups in total. The van der Waals surface area contributed by atoms with Crippen LogP contribution in [0.4, 0.5) is 4.79 Å². The number of benzene rings is 1. The molecule has 0 saturated carbocycles. The minimum Gasteiger partial charge on any atom is -0.480 e. The number of ether oxygens (including phenoxy) is 2. The van der Waals surface area contributed by atoms with Crippen molar-refractivity contribution in [2.45, 2.75) is 13.8 Å². The third-order valence-electron chi connectivity index (χ3n) is 4.54. The summed E-state index contributed by atoms with van der Waals surface area (Å²) in [4.78, 5) is 36.1. The molecule has 0 radical (unpaired) electrons. The van der Waals surface area contributed by atoms with E-state index in [-0.39, 0.29) is 11.7 Å². The van der Waals surface area contributed by atoms with Gasteiger partial charge in [0.05, 0.1) is 4.91 Å². The summed E-state index contributed by atoms with van der Waals surface area (Å²) in [6, 6.07) is 7.55. The molecule has 0 unspecified atom stereocenters. The highest BCUT2D eigenvalue weighted by atomic mass is 32.2. The molecule has 1 aromatic carbocycles. The highest BCUT2D eigenvalue weighted by Gasteiger charge is 2.36. The number of carboxylic acid groups (broad SMARTS) is 1. The summed E-state index contributed by atoms with van der Waals surface area (Å²) in [7, 11) is 0. The Labute approximate surface area is 164 Å². The second-order valence-corrected chi connectivity index (χ2v) is 7.35. The summed E-state index contributed by atoms with van der Waals surface area (Å²) in [5, 5.41) is 8.28. The van der Waals surface area contributed by atoms with Gasteiger partial charge in [0.1, 0.15) is 6.54 Å². The number of rotatable bonds is 4. The summed E-state index contributed by atoms with van der Waals surface area (Å²) >= 11 is 0.744. The van der Waals surface area contributed by atoms with Crippen LogP contribution >= 0.6 is 11.8 Å². The van der Waals surface area contributed by atoms with Crippen molar-refractivity contribution >= 4 is 35.0 Å². The Morgan fingerprint density at radius 1 is 1.21 bits per heavy atom. The highest BCUT2D eigenvalue weighted by molar-refractivity contribution is 8.18. The first-order valence-electron chi connectivity index (χ1n) is 8.41. The van der Waals surface area contributed by atoms with Crippen molar-refractivity contribution < 1.29 is 29.0 Å². The van der Waals surface area contributed by atoms with Crippen LogP contribution in [0.15, 0.2) is 29.2 Å². The molecule has 1 aromatic heterocycles. The minimum atomic E-state index is -1.23. The molecule has 28 heavy (non-hydrogen) atoms. The molecule has 2 aliphatic heterocycles. The number of nitrogens with zero attached hydrogens (tertiary/aromatic N) is 2. The number of carboxylic acids is 1. The maximum absolute atomic E-state index is 12.4. The largest absolute Gasteiger partial charge is 0.480 e. The van der Waals surface area contributed by atoms with E-state index in [1.54, 1.807) is 6.08 Å². The zero-order valence-corrected chi connectivity index (χ0v) is 15.9. The minimum absolute atomic E-state index is 0.194. The second kappa shape index (κ2) is 6.75. The van der Waals surface area contributed by atoms with Gasteiger partial charge in [-0.15, -0.1) is 0 Å². The molecule has 0 aliphatic carbocycles. The monoisotopic (exact) mass is 400 g/mol. The van der Waals surface area contributed by atoms with Gasteiger partial charge in [0.15, 0.2) is 11.5 Å². The molecule has 144 valence electrons. The molecule has 2 aromatic rings. The normalized spacial score (nSPS) is 17.1. The molecule has 0 atom stereocenters. The van der Waals surface area contributed by atoms with Crippen LogP contribution in [0.25, 0.3) is 11.8 Å². The van der Waals surface area contributed by atoms with Gasteiger partial charge in [-0.25, -0.2) is 0 Å². The zero-order valence-electron chi connectivity index (χ0n) is 15.1. The van der Waals surface area contributed by atoms with Crippen molar-refractivity contribution in [1.29, 1.82) is 0 Å². The number of aryl methyl sites for hydroxylation is 1. The van der Waals surface area contributed by atoms with E-state index in [2.05, 4.69) is 0 Å². The number of fused-ring (bicyclic) bond motifs is 1. The number of amides is 2. The molecular formula is C19H16N2O6S. The fraction of sp³-hybridized carbons (Fsp3) is 0.211. The van der Waals surface area contributed by atoms with Crippen molar-refractivity contribution in [3.05, 3.63) is 46.1 Å². The molecule has 0 spiro atoms. The van der Waals surface area contributed by atoms with Gasteiger partial charge in [-0.3, -0.25) is 19.3 Å². The average molecular weight is 400 g/mol. The van der Waals surface area contributed by atoms with Crippen LogP contribution in [-0.4, -0.2) is 45.0 Å². The Morgan fingerprint density at radius 2 is 1.96 bits per heavy atom. The maximum Gasteiger partial charge on any atom is 0.323 e. The van der Waals surface area contributed by atoms with Gasteiger partial charge in [0.25, 0.3) is 11.1 Å². The van der Waals surface area contributed by atoms with Crippen LogP contribution in [0, 0.1) is 13.8 Å². The van der Waals surface area contributed by atoms with Crippen LogP contribution < -0.4 is 9.47 Å². The first kappa shape index (κ1) is 18.2. The Bertz CT molecular complexity index is 1050. The first-order chi connectivity index (χ1) is 13.3. The third-order valence-corrected chi connectivity index (χ3v) is 5.45. The predicted octanol–water partition coefficient (Wildman–Crippen LogP) is 2.94. The van der Waals surface area contributed by atoms with Crippen LogP contribution in [0.2, 0.25) is 0 Å². The van der Waals surface area contributed by atoms with E-state index in [9.17, 15) is 14.4 Å². The lowest BCUT2D eigenvalue weighted by atomic mass is 10.2. The van der Waals surface area contributed by atoms with E-state index in [0.717, 1.165) is 39.3 Å². The number of thioether (sulfide) groups is 1. The van der Waals surface area contributed by atoms with E-state index in [0.29, 0.717) is 11.5 Å². The van der Waals surface area contributed by atoms with Crippen molar-refractivity contribution in [2.24, 2.45) is 0 Å². The number of carbonyl (C=O) groups excluding carboxylic acids is 2. The van der Waals surface area contributed by atoms with Gasteiger partial charge in [-0.2, -0.15) is 0 Å². The van der Waals surface area contributed by atoms with Crippen LogP contribution in [-0.2, 0) is 9.59 Å². The van der Waals surface area contributed by atoms with Gasteiger partial charge in [0, 0.05) is 23.1 Å². The lowest BCUT2D eigenvalue weighted by Crippen LogP contribution is -2.33. The third kappa shape index (κ3) is 3.03. The smallest absolute Gasteiger partial charge is 0.323 e. The Balaban J connectivity index is 1.68. The molecule has 2 amide bonds. The second-order valence-electron chi connectivity index (χ2n) is 6.36. The van der Waals surface area contributed by atoms with E-state index >= 15 is 0 Å². The quantitative estimate of drug-likeness (QED) is 0.788. The van der Waals surface area contributed by atoms with Crippen LogP contribution in [0.5, 0.6) is 11.5 Å². The van der Waals surface area contributed by atoms with E-state index in [1.807, 2.05) is 42.7 Å². The van der Waals surface area contributed by atoms with Gasteiger partial charge >= 0.3 is 5.97 Å². The molecule has 1 fully saturated rings. The summed E-state index contributed by atoms with van der Waals surface area (Å²) < 4.78 is 12.8. The summed E-state index contributed by atoms with van der Waals surface area (Å²) in [6.45, 7) is 3.40. The Morgan fingerprint density at radius 3 is 2.71 bits per heavy atom. The van der Waals surface area contributed by atoms with E-state index in [1.165, 1.54) is 0 Å². The van der Waals surface area contributed by atoms with Crippen molar-refractivity contribution in [3.63, 3.8) is 0 Å². The van der Waals surface area contributed by atoms with Crippen molar-refractivity contribution in [1.82, 2.24) is 9.47 Å². The lowest BCUT2D eigenvalue weighted by molar-refractivity contribution is -0.140. The topological polar surface area (TPSA) is 98.1 Å². The van der Waals surface area contributed by atoms with Gasteiger partial charge in [-0.05, 0) is 55.4 Å². The number of carbonyl (C=O) groups is 3. The molecule has 0 bridgehead atoms. The predicted molar refractivity (Wildman–Crippen MR) is 102 cm³/mol. The number of hydrogen-bond acceptors (Lipinski definition) is 6. The zero-order chi connectivity index (χ0) is 20.0. The van der Waals surface area contributed by atoms with Crippen molar-refractivity contribution in [2.75, 3.05) is 13.3 Å².